The van der Waals surface area contributed by atoms with E-state index in [-0.39, 0.29) is 19.1 Å². The Balaban J connectivity index is 3.64. The summed E-state index contributed by atoms with van der Waals surface area (Å²) >= 11 is 0. The number of phosphoric acid groups is 1. The van der Waals surface area contributed by atoms with E-state index < -0.39 is 20.0 Å². The van der Waals surface area contributed by atoms with Gasteiger partial charge in [-0.05, 0) is 12.8 Å². The highest BCUT2D eigenvalue weighted by Gasteiger charge is 2.28. The summed E-state index contributed by atoms with van der Waals surface area (Å²) in [6, 6.07) is -0.751. The lowest BCUT2D eigenvalue weighted by Crippen LogP contribution is -2.46. The molecule has 0 fully saturated rings. The van der Waals surface area contributed by atoms with Crippen molar-refractivity contribution in [2.75, 3.05) is 40.9 Å². The molecule has 0 heterocycles. The number of nitrogens with one attached hydrogen (secondary N) is 1. The third-order valence-corrected chi connectivity index (χ3v) is 14.3. The van der Waals surface area contributed by atoms with Crippen molar-refractivity contribution < 1.29 is 32.9 Å². The number of aliphatic hydroxyl groups excluding tert-OH is 1. The highest BCUT2D eigenvalue weighted by Crippen LogP contribution is 2.43. The van der Waals surface area contributed by atoms with Gasteiger partial charge >= 0.3 is 7.82 Å². The molecule has 3 atom stereocenters. The molecule has 0 radical (unpaired) electrons. The van der Waals surface area contributed by atoms with Crippen LogP contribution in [0.3, 0.4) is 0 Å². The number of likely N-dealkylation sites (N-methyl/N-ethyl adjacent to an activating group) is 1. The molecular formula is C55H114N2O6P+. The number of hydrogen-bond donors (Lipinski definition) is 3. The topological polar surface area (TPSA) is 105 Å². The van der Waals surface area contributed by atoms with E-state index in [0.717, 1.165) is 51.4 Å². The van der Waals surface area contributed by atoms with E-state index >= 15 is 0 Å². The first-order valence-electron chi connectivity index (χ1n) is 28.4. The van der Waals surface area contributed by atoms with Gasteiger partial charge in [-0.1, -0.05) is 277 Å². The van der Waals surface area contributed by atoms with E-state index in [9.17, 15) is 19.4 Å². The highest BCUT2D eigenvalue weighted by molar-refractivity contribution is 7.47. The fourth-order valence-electron chi connectivity index (χ4n) is 8.87. The lowest BCUT2D eigenvalue weighted by atomic mass is 10.0. The van der Waals surface area contributed by atoms with Gasteiger partial charge in [0, 0.05) is 6.42 Å². The Hall–Kier alpha value is -0.500. The number of hydrogen-bond acceptors (Lipinski definition) is 5. The van der Waals surface area contributed by atoms with Crippen LogP contribution in [0.5, 0.6) is 0 Å². The van der Waals surface area contributed by atoms with Gasteiger partial charge in [-0.2, -0.15) is 0 Å². The quantitative estimate of drug-likeness (QED) is 0.0319. The van der Waals surface area contributed by atoms with E-state index in [1.165, 1.54) is 218 Å². The zero-order chi connectivity index (χ0) is 47.1. The first-order chi connectivity index (χ1) is 31.0. The van der Waals surface area contributed by atoms with E-state index in [2.05, 4.69) is 19.2 Å². The minimum Gasteiger partial charge on any atom is -0.391 e. The predicted molar refractivity (Wildman–Crippen MR) is 277 cm³/mol. The molecule has 0 aliphatic rings. The molecule has 0 aromatic carbocycles. The Morgan fingerprint density at radius 1 is 0.469 bits per heavy atom. The minimum atomic E-state index is -4.30. The van der Waals surface area contributed by atoms with Crippen LogP contribution in [0.15, 0.2) is 0 Å². The van der Waals surface area contributed by atoms with Gasteiger partial charge in [-0.25, -0.2) is 4.57 Å². The van der Waals surface area contributed by atoms with Crippen molar-refractivity contribution in [3.63, 3.8) is 0 Å². The number of nitrogens with zero attached hydrogens (tertiary/aromatic N) is 1. The third-order valence-electron chi connectivity index (χ3n) is 13.4. The lowest BCUT2D eigenvalue weighted by molar-refractivity contribution is -0.870. The number of carbonyl (C=O) groups is 1. The van der Waals surface area contributed by atoms with Crippen LogP contribution in [0.2, 0.25) is 0 Å². The van der Waals surface area contributed by atoms with E-state index in [1.54, 1.807) is 0 Å². The predicted octanol–water partition coefficient (Wildman–Crippen LogP) is 16.9. The van der Waals surface area contributed by atoms with Crippen molar-refractivity contribution >= 4 is 13.7 Å². The number of quaternary nitrogens is 1. The summed E-state index contributed by atoms with van der Waals surface area (Å²) in [5.41, 5.74) is 0. The van der Waals surface area contributed by atoms with Crippen molar-refractivity contribution in [2.24, 2.45) is 0 Å². The maximum atomic E-state index is 12.8. The third kappa shape index (κ3) is 49.4. The monoisotopic (exact) mass is 930 g/mol. The Kier molecular flexibility index (Phi) is 47.2. The van der Waals surface area contributed by atoms with E-state index in [4.69, 9.17) is 9.05 Å². The molecule has 3 N–H and O–H groups in total. The van der Waals surface area contributed by atoms with Gasteiger partial charge in [0.1, 0.15) is 13.2 Å². The first-order valence-corrected chi connectivity index (χ1v) is 29.9. The molecule has 0 aromatic heterocycles. The SMILES string of the molecule is CCCCCCCCCCCCCCCCCCCCCCCCCCCCCCCCCCCCCCCC(=O)NC(COP(=O)(O)OCC[N+](C)(C)C)C(O)CCCCCCC. The van der Waals surface area contributed by atoms with Crippen LogP contribution in [-0.2, 0) is 18.4 Å². The molecule has 0 bridgehead atoms. The molecule has 0 aliphatic carbocycles. The molecular weight excluding hydrogens is 816 g/mol. The molecule has 0 saturated heterocycles. The number of rotatable bonds is 53. The molecule has 0 aromatic rings. The second-order valence-electron chi connectivity index (χ2n) is 21.0. The number of unbranched alkanes of at least 4 members (excludes halogenated alkanes) is 40. The minimum absolute atomic E-state index is 0.0774. The van der Waals surface area contributed by atoms with Crippen LogP contribution in [-0.4, -0.2) is 73.4 Å². The zero-order valence-electron chi connectivity index (χ0n) is 43.8. The molecule has 0 saturated carbocycles. The van der Waals surface area contributed by atoms with Crippen LogP contribution in [0.4, 0.5) is 0 Å². The molecule has 0 rings (SSSR count). The Labute approximate surface area is 399 Å². The summed E-state index contributed by atoms with van der Waals surface area (Å²) < 4.78 is 23.5. The normalized spacial score (nSPS) is 13.9. The molecule has 0 spiro atoms. The molecule has 0 aliphatic heterocycles. The maximum absolute atomic E-state index is 12.8. The van der Waals surface area contributed by atoms with Crippen molar-refractivity contribution in [3.8, 4) is 0 Å². The average molecular weight is 930 g/mol. The summed E-state index contributed by atoms with van der Waals surface area (Å²) in [5, 5.41) is 13.8. The number of phosphoric ester groups is 1. The standard InChI is InChI=1S/C55H113N2O6P/c1-6-8-10-12-13-14-15-16-17-18-19-20-21-22-23-24-25-26-27-28-29-30-31-32-33-34-35-36-37-38-39-40-41-42-43-45-47-49-55(59)56-53(54(58)48-46-44-11-9-7-2)52-63-64(60,61)62-51-50-57(3,4)5/h53-54,58H,6-52H2,1-5H3,(H-,56,59,60,61)/p+1. The molecule has 1 amide bonds. The summed E-state index contributed by atoms with van der Waals surface area (Å²) in [6.07, 6.45) is 56.8. The fourth-order valence-corrected chi connectivity index (χ4v) is 9.61. The molecule has 3 unspecified atom stereocenters. The van der Waals surface area contributed by atoms with Crippen LogP contribution >= 0.6 is 7.82 Å². The van der Waals surface area contributed by atoms with Gasteiger partial charge < -0.3 is 19.8 Å². The average Bonchev–Trinajstić information content (AvgIpc) is 3.25. The summed E-state index contributed by atoms with van der Waals surface area (Å²) in [4.78, 5) is 23.0. The number of amides is 1. The van der Waals surface area contributed by atoms with Gasteiger partial charge in [0.25, 0.3) is 0 Å². The van der Waals surface area contributed by atoms with Gasteiger partial charge in [-0.3, -0.25) is 13.8 Å². The first kappa shape index (κ1) is 63.5. The number of aliphatic hydroxyl groups is 1. The summed E-state index contributed by atoms with van der Waals surface area (Å²) in [5.74, 6) is -0.145. The van der Waals surface area contributed by atoms with Crippen LogP contribution in [0.1, 0.15) is 296 Å². The second-order valence-corrected chi connectivity index (χ2v) is 22.5. The maximum Gasteiger partial charge on any atom is 0.472 e. The van der Waals surface area contributed by atoms with Crippen molar-refractivity contribution in [3.05, 3.63) is 0 Å². The fraction of sp³-hybridized carbons (Fsp3) is 0.982. The summed E-state index contributed by atoms with van der Waals surface area (Å²) in [7, 11) is 1.63. The Morgan fingerprint density at radius 3 is 1.05 bits per heavy atom. The smallest absolute Gasteiger partial charge is 0.391 e. The van der Waals surface area contributed by atoms with Crippen molar-refractivity contribution in [1.29, 1.82) is 0 Å². The largest absolute Gasteiger partial charge is 0.472 e. The van der Waals surface area contributed by atoms with Crippen LogP contribution in [0.25, 0.3) is 0 Å². The van der Waals surface area contributed by atoms with Gasteiger partial charge in [0.15, 0.2) is 0 Å². The second kappa shape index (κ2) is 47.6. The van der Waals surface area contributed by atoms with E-state index in [0.29, 0.717) is 23.9 Å². The Bertz CT molecular complexity index is 1010. The van der Waals surface area contributed by atoms with Crippen LogP contribution in [0, 0.1) is 0 Å². The zero-order valence-corrected chi connectivity index (χ0v) is 44.7. The summed E-state index contributed by atoms with van der Waals surface area (Å²) in [6.45, 7) is 4.83. The van der Waals surface area contributed by atoms with Gasteiger partial charge in [-0.15, -0.1) is 0 Å². The van der Waals surface area contributed by atoms with Gasteiger partial charge in [0.05, 0.1) is 39.9 Å². The molecule has 384 valence electrons. The van der Waals surface area contributed by atoms with Crippen LogP contribution < -0.4 is 5.32 Å². The highest BCUT2D eigenvalue weighted by atomic mass is 31.2. The van der Waals surface area contributed by atoms with Crippen molar-refractivity contribution in [2.45, 2.75) is 309 Å². The van der Waals surface area contributed by atoms with Gasteiger partial charge in [0.2, 0.25) is 5.91 Å². The van der Waals surface area contributed by atoms with Crippen molar-refractivity contribution in [1.82, 2.24) is 5.32 Å². The molecule has 9 heteroatoms. The molecule has 8 nitrogen and oxygen atoms in total. The van der Waals surface area contributed by atoms with E-state index in [1.807, 2.05) is 21.1 Å². The lowest BCUT2D eigenvalue weighted by Gasteiger charge is -2.26. The number of carbonyl (C=O) groups excluding carboxylic acids is 1. The Morgan fingerprint density at radius 2 is 0.750 bits per heavy atom. The molecule has 64 heavy (non-hydrogen) atoms.